The fourth-order valence-corrected chi connectivity index (χ4v) is 1.83. The van der Waals surface area contributed by atoms with Crippen LogP contribution in [0, 0.1) is 0 Å². The Morgan fingerprint density at radius 3 is 3.00 bits per heavy atom. The van der Waals surface area contributed by atoms with Crippen LogP contribution in [0.15, 0.2) is 22.7 Å². The Kier molecular flexibility index (Phi) is 2.86. The molecule has 0 aliphatic carbocycles. The van der Waals surface area contributed by atoms with E-state index in [2.05, 4.69) is 15.2 Å². The molecule has 7 nitrogen and oxygen atoms in total. The zero-order valence-electron chi connectivity index (χ0n) is 10.4. The van der Waals surface area contributed by atoms with Gasteiger partial charge >= 0.3 is 0 Å². The lowest BCUT2D eigenvalue weighted by Crippen LogP contribution is -2.38. The average molecular weight is 260 g/mol. The number of fused-ring (bicyclic) bond motifs is 1. The van der Waals surface area contributed by atoms with Crippen LogP contribution in [0.4, 0.5) is 5.82 Å². The molecule has 0 N–H and O–H groups in total. The van der Waals surface area contributed by atoms with Crippen LogP contribution in [-0.2, 0) is 17.8 Å². The molecule has 1 amide bonds. The molecule has 0 aromatic carbocycles. The highest BCUT2D eigenvalue weighted by Crippen LogP contribution is 2.29. The summed E-state index contributed by atoms with van der Waals surface area (Å²) in [5.74, 6) is 1.83. The van der Waals surface area contributed by atoms with Gasteiger partial charge in [0.2, 0.25) is 11.8 Å². The number of ether oxygens (including phenoxy) is 1. The largest absolute Gasteiger partial charge is 0.480 e. The second-order valence-corrected chi connectivity index (χ2v) is 4.04. The number of rotatable bonds is 3. The molecular weight excluding hydrogens is 248 g/mol. The minimum Gasteiger partial charge on any atom is -0.480 e. The van der Waals surface area contributed by atoms with Gasteiger partial charge in [-0.25, -0.2) is 4.98 Å². The molecule has 1 aliphatic heterocycles. The number of amides is 1. The maximum Gasteiger partial charge on any atom is 0.266 e. The molecule has 3 rings (SSSR count). The molecule has 0 spiro atoms. The molecule has 2 aromatic rings. The van der Waals surface area contributed by atoms with Gasteiger partial charge in [-0.05, 0) is 12.1 Å². The highest BCUT2D eigenvalue weighted by atomic mass is 16.5. The Labute approximate surface area is 109 Å². The summed E-state index contributed by atoms with van der Waals surface area (Å²) < 4.78 is 10.7. The lowest BCUT2D eigenvalue weighted by Gasteiger charge is -2.26. The van der Waals surface area contributed by atoms with Crippen LogP contribution < -0.4 is 9.64 Å². The smallest absolute Gasteiger partial charge is 0.266 e. The predicted octanol–water partition coefficient (Wildman–Crippen LogP) is 0.953. The van der Waals surface area contributed by atoms with Gasteiger partial charge in [-0.15, -0.1) is 10.2 Å². The summed E-state index contributed by atoms with van der Waals surface area (Å²) in [6, 6.07) is 3.53. The third-order valence-corrected chi connectivity index (χ3v) is 2.76. The van der Waals surface area contributed by atoms with Crippen LogP contribution in [0.5, 0.6) is 5.75 Å². The maximum atomic E-state index is 11.9. The Bertz CT molecular complexity index is 611. The second kappa shape index (κ2) is 4.68. The number of hydrogen-bond donors (Lipinski definition) is 0. The minimum absolute atomic E-state index is 0.00648. The summed E-state index contributed by atoms with van der Waals surface area (Å²) in [5.41, 5.74) is 0. The molecule has 2 aromatic heterocycles. The van der Waals surface area contributed by atoms with Crippen LogP contribution in [0.3, 0.4) is 0 Å². The highest BCUT2D eigenvalue weighted by molar-refractivity contribution is 5.96. The molecule has 19 heavy (non-hydrogen) atoms. The van der Waals surface area contributed by atoms with Crippen molar-refractivity contribution < 1.29 is 13.9 Å². The third-order valence-electron chi connectivity index (χ3n) is 2.76. The fourth-order valence-electron chi connectivity index (χ4n) is 1.83. The van der Waals surface area contributed by atoms with E-state index < -0.39 is 0 Å². The molecule has 0 saturated carbocycles. The Hall–Kier alpha value is -2.44. The fraction of sp³-hybridized carbons (Fsp3) is 0.333. The predicted molar refractivity (Wildman–Crippen MR) is 64.6 cm³/mol. The topological polar surface area (TPSA) is 81.4 Å². The van der Waals surface area contributed by atoms with Gasteiger partial charge in [0.25, 0.3) is 5.91 Å². The van der Waals surface area contributed by atoms with Crippen molar-refractivity contribution in [3.63, 3.8) is 0 Å². The first kappa shape index (κ1) is 11.6. The number of aromatic nitrogens is 3. The summed E-state index contributed by atoms with van der Waals surface area (Å²) in [5, 5.41) is 7.78. The van der Waals surface area contributed by atoms with Crippen molar-refractivity contribution in [2.75, 3.05) is 11.5 Å². The number of carbonyl (C=O) groups excluding carboxylic acids is 1. The van der Waals surface area contributed by atoms with Crippen LogP contribution in [0.25, 0.3) is 0 Å². The second-order valence-electron chi connectivity index (χ2n) is 4.04. The number of carbonyl (C=O) groups is 1. The first-order chi connectivity index (χ1) is 9.28. The van der Waals surface area contributed by atoms with Crippen molar-refractivity contribution in [2.45, 2.75) is 19.9 Å². The molecule has 1 aliphatic rings. The molecule has 3 heterocycles. The van der Waals surface area contributed by atoms with E-state index >= 15 is 0 Å². The number of pyridine rings is 1. The monoisotopic (exact) mass is 260 g/mol. The lowest BCUT2D eigenvalue weighted by molar-refractivity contribution is -0.121. The minimum atomic E-state index is -0.178. The van der Waals surface area contributed by atoms with Crippen LogP contribution in [0.2, 0.25) is 0 Å². The van der Waals surface area contributed by atoms with E-state index in [1.165, 1.54) is 4.90 Å². The molecule has 7 heteroatoms. The Morgan fingerprint density at radius 1 is 1.37 bits per heavy atom. The zero-order valence-corrected chi connectivity index (χ0v) is 10.4. The lowest BCUT2D eigenvalue weighted by atomic mass is 10.3. The molecule has 0 saturated heterocycles. The first-order valence-corrected chi connectivity index (χ1v) is 5.97. The normalized spacial score (nSPS) is 14.2. The van der Waals surface area contributed by atoms with Gasteiger partial charge in [0.05, 0.1) is 0 Å². The quantitative estimate of drug-likeness (QED) is 0.817. The maximum absolute atomic E-state index is 11.9. The van der Waals surface area contributed by atoms with E-state index in [9.17, 15) is 4.79 Å². The third kappa shape index (κ3) is 2.14. The SMILES string of the molecule is CCc1nnc(CN2C(=O)COc3cccnc32)o1. The van der Waals surface area contributed by atoms with Crippen LogP contribution in [-0.4, -0.2) is 27.7 Å². The number of nitrogens with zero attached hydrogens (tertiary/aromatic N) is 4. The molecule has 0 fully saturated rings. The zero-order chi connectivity index (χ0) is 13.2. The Balaban J connectivity index is 1.89. The number of anilines is 1. The van der Waals surface area contributed by atoms with E-state index in [1.54, 1.807) is 18.3 Å². The van der Waals surface area contributed by atoms with E-state index in [0.717, 1.165) is 0 Å². The Morgan fingerprint density at radius 2 is 2.21 bits per heavy atom. The summed E-state index contributed by atoms with van der Waals surface area (Å²) in [6.45, 7) is 2.13. The van der Waals surface area contributed by atoms with Crippen molar-refractivity contribution >= 4 is 11.7 Å². The van der Waals surface area contributed by atoms with Gasteiger partial charge in [-0.1, -0.05) is 6.92 Å². The average Bonchev–Trinajstić information content (AvgIpc) is 2.90. The van der Waals surface area contributed by atoms with Crippen molar-refractivity contribution in [1.82, 2.24) is 15.2 Å². The molecule has 0 bridgehead atoms. The van der Waals surface area contributed by atoms with E-state index in [4.69, 9.17) is 9.15 Å². The van der Waals surface area contributed by atoms with Crippen molar-refractivity contribution in [3.8, 4) is 5.75 Å². The van der Waals surface area contributed by atoms with Gasteiger partial charge in [-0.2, -0.15) is 0 Å². The van der Waals surface area contributed by atoms with Crippen LogP contribution in [0.1, 0.15) is 18.7 Å². The van der Waals surface area contributed by atoms with Crippen molar-refractivity contribution in [2.24, 2.45) is 0 Å². The first-order valence-electron chi connectivity index (χ1n) is 5.97. The number of hydrogen-bond acceptors (Lipinski definition) is 6. The van der Waals surface area contributed by atoms with E-state index in [-0.39, 0.29) is 19.1 Å². The van der Waals surface area contributed by atoms with Gasteiger partial charge in [0, 0.05) is 12.6 Å². The summed E-state index contributed by atoms with van der Waals surface area (Å²) in [6.07, 6.45) is 2.28. The summed E-state index contributed by atoms with van der Waals surface area (Å²) >= 11 is 0. The summed E-state index contributed by atoms with van der Waals surface area (Å²) in [4.78, 5) is 17.6. The van der Waals surface area contributed by atoms with Crippen molar-refractivity contribution in [1.29, 1.82) is 0 Å². The molecule has 0 atom stereocenters. The van der Waals surface area contributed by atoms with Crippen LogP contribution >= 0.6 is 0 Å². The van der Waals surface area contributed by atoms with Gasteiger partial charge in [0.15, 0.2) is 18.2 Å². The number of aryl methyl sites for hydroxylation is 1. The van der Waals surface area contributed by atoms with E-state index in [1.807, 2.05) is 6.92 Å². The molecule has 0 unspecified atom stereocenters. The van der Waals surface area contributed by atoms with Gasteiger partial charge < -0.3 is 9.15 Å². The highest BCUT2D eigenvalue weighted by Gasteiger charge is 2.28. The molecule has 98 valence electrons. The molecular formula is C12H12N4O3. The van der Waals surface area contributed by atoms with E-state index in [0.29, 0.717) is 29.8 Å². The van der Waals surface area contributed by atoms with Gasteiger partial charge in [-0.3, -0.25) is 9.69 Å². The molecule has 0 radical (unpaired) electrons. The van der Waals surface area contributed by atoms with Gasteiger partial charge in [0.1, 0.15) is 6.54 Å². The standard InChI is InChI=1S/C12H12N4O3/c1-2-9-14-15-10(19-9)6-16-11(17)7-18-8-4-3-5-13-12(8)16/h3-5H,2,6-7H2,1H3. The van der Waals surface area contributed by atoms with Crippen molar-refractivity contribution in [3.05, 3.63) is 30.1 Å². The summed E-state index contributed by atoms with van der Waals surface area (Å²) in [7, 11) is 0.